The van der Waals surface area contributed by atoms with Crippen molar-refractivity contribution in [2.24, 2.45) is 0 Å². The predicted octanol–water partition coefficient (Wildman–Crippen LogP) is 3.26. The number of alkyl halides is 3. The Kier molecular flexibility index (Phi) is 4.32. The van der Waals surface area contributed by atoms with Crippen LogP contribution in [-0.2, 0) is 6.18 Å². The normalized spacial score (nSPS) is 21.0. The first-order chi connectivity index (χ1) is 11.7. The fraction of sp³-hybridized carbons (Fsp3) is 0.412. The molecule has 25 heavy (non-hydrogen) atoms. The number of oxazole rings is 1. The average Bonchev–Trinajstić information content (AvgIpc) is 3.08. The van der Waals surface area contributed by atoms with Crippen molar-refractivity contribution in [2.75, 3.05) is 6.54 Å². The molecule has 134 valence electrons. The Hall–Kier alpha value is -2.35. The van der Waals surface area contributed by atoms with Gasteiger partial charge in [0, 0.05) is 13.5 Å². The van der Waals surface area contributed by atoms with Gasteiger partial charge in [-0.25, -0.2) is 4.98 Å². The molecule has 0 spiro atoms. The van der Waals surface area contributed by atoms with Crippen LogP contribution in [0.3, 0.4) is 0 Å². The lowest BCUT2D eigenvalue weighted by Crippen LogP contribution is -2.32. The molecule has 1 aliphatic rings. The van der Waals surface area contributed by atoms with Gasteiger partial charge in [-0.15, -0.1) is 0 Å². The Morgan fingerprint density at radius 1 is 1.36 bits per heavy atom. The minimum absolute atomic E-state index is 0.0267. The molecule has 3 rings (SSSR count). The zero-order valence-corrected chi connectivity index (χ0v) is 13.7. The molecule has 1 aromatic carbocycles. The molecule has 2 heterocycles. The summed E-state index contributed by atoms with van der Waals surface area (Å²) in [5, 5.41) is 9.97. The maximum Gasteiger partial charge on any atom is 0.416 e. The van der Waals surface area contributed by atoms with Crippen LogP contribution in [0.25, 0.3) is 0 Å². The second-order valence-corrected chi connectivity index (χ2v) is 6.13. The third-order valence-electron chi connectivity index (χ3n) is 4.24. The third-order valence-corrected chi connectivity index (χ3v) is 4.24. The van der Waals surface area contributed by atoms with Crippen molar-refractivity contribution in [3.63, 3.8) is 0 Å². The van der Waals surface area contributed by atoms with E-state index in [-0.39, 0.29) is 18.7 Å². The number of aliphatic hydroxyl groups is 1. The molecule has 5 nitrogen and oxygen atoms in total. The molecule has 0 unspecified atom stereocenters. The molecule has 1 aliphatic heterocycles. The molecule has 1 fully saturated rings. The maximum absolute atomic E-state index is 13.0. The number of carbonyl (C=O) groups excluding carboxylic acids is 1. The molecule has 8 heteroatoms. The predicted molar refractivity (Wildman–Crippen MR) is 81.8 cm³/mol. The van der Waals surface area contributed by atoms with Crippen LogP contribution in [0.15, 0.2) is 28.7 Å². The number of hydrogen-bond donors (Lipinski definition) is 1. The summed E-state index contributed by atoms with van der Waals surface area (Å²) in [6.45, 7) is 3.25. The van der Waals surface area contributed by atoms with Crippen LogP contribution in [0.2, 0.25) is 0 Å². The number of aliphatic hydroxyl groups excluding tert-OH is 1. The number of aromatic nitrogens is 1. The monoisotopic (exact) mass is 354 g/mol. The fourth-order valence-corrected chi connectivity index (χ4v) is 3.14. The van der Waals surface area contributed by atoms with Gasteiger partial charge in [-0.05, 0) is 31.0 Å². The van der Waals surface area contributed by atoms with Crippen molar-refractivity contribution in [1.82, 2.24) is 9.88 Å². The number of rotatable bonds is 2. The van der Waals surface area contributed by atoms with E-state index in [0.717, 1.165) is 12.1 Å². The quantitative estimate of drug-likeness (QED) is 0.899. The SMILES string of the molecule is Cc1nc(C)c(C(=O)N2C[C@@H](O)C[C@@H]2c2cccc(C(F)(F)F)c2)o1. The van der Waals surface area contributed by atoms with Gasteiger partial charge in [0.25, 0.3) is 5.91 Å². The zero-order chi connectivity index (χ0) is 18.4. The number of nitrogens with zero attached hydrogens (tertiary/aromatic N) is 2. The van der Waals surface area contributed by atoms with E-state index >= 15 is 0 Å². The van der Waals surface area contributed by atoms with Crippen molar-refractivity contribution in [3.8, 4) is 0 Å². The standard InChI is InChI=1S/C17H17F3N2O3/c1-9-15(25-10(2)21-9)16(24)22-8-13(23)7-14(22)11-4-3-5-12(6-11)17(18,19)20/h3-6,13-14,23H,7-8H2,1-2H3/t13-,14+/m0/s1. The highest BCUT2D eigenvalue weighted by Gasteiger charge is 2.39. The molecule has 1 N–H and O–H groups in total. The van der Waals surface area contributed by atoms with E-state index in [9.17, 15) is 23.1 Å². The van der Waals surface area contributed by atoms with Gasteiger partial charge in [0.1, 0.15) is 0 Å². The van der Waals surface area contributed by atoms with E-state index in [0.29, 0.717) is 17.1 Å². The van der Waals surface area contributed by atoms with Gasteiger partial charge in [-0.2, -0.15) is 13.2 Å². The lowest BCUT2D eigenvalue weighted by molar-refractivity contribution is -0.137. The molecule has 2 atom stereocenters. The van der Waals surface area contributed by atoms with Crippen LogP contribution in [-0.4, -0.2) is 33.5 Å². The molecule has 2 aromatic rings. The maximum atomic E-state index is 13.0. The number of carbonyl (C=O) groups is 1. The topological polar surface area (TPSA) is 66.6 Å². The van der Waals surface area contributed by atoms with Crippen molar-refractivity contribution >= 4 is 5.91 Å². The molecular formula is C17H17F3N2O3. The van der Waals surface area contributed by atoms with Crippen LogP contribution in [0.4, 0.5) is 13.2 Å². The summed E-state index contributed by atoms with van der Waals surface area (Å²) in [4.78, 5) is 18.1. The molecule has 1 saturated heterocycles. The smallest absolute Gasteiger partial charge is 0.416 e. The fourth-order valence-electron chi connectivity index (χ4n) is 3.14. The highest BCUT2D eigenvalue weighted by molar-refractivity contribution is 5.93. The van der Waals surface area contributed by atoms with Gasteiger partial charge in [0.2, 0.25) is 5.76 Å². The number of benzene rings is 1. The van der Waals surface area contributed by atoms with Gasteiger partial charge in [-0.3, -0.25) is 4.79 Å². The first kappa shape index (κ1) is 17.5. The molecule has 0 bridgehead atoms. The van der Waals surface area contributed by atoms with E-state index in [2.05, 4.69) is 4.98 Å². The van der Waals surface area contributed by atoms with Crippen LogP contribution in [0.1, 0.15) is 45.7 Å². The van der Waals surface area contributed by atoms with E-state index in [4.69, 9.17) is 4.42 Å². The molecular weight excluding hydrogens is 337 g/mol. The number of hydrogen-bond acceptors (Lipinski definition) is 4. The molecule has 1 amide bonds. The van der Waals surface area contributed by atoms with E-state index < -0.39 is 29.8 Å². The van der Waals surface area contributed by atoms with Gasteiger partial charge in [-0.1, -0.05) is 12.1 Å². The molecule has 0 saturated carbocycles. The highest BCUT2D eigenvalue weighted by atomic mass is 19.4. The third kappa shape index (κ3) is 3.39. The van der Waals surface area contributed by atoms with E-state index in [1.165, 1.54) is 17.0 Å². The second-order valence-electron chi connectivity index (χ2n) is 6.13. The molecule has 0 aliphatic carbocycles. The minimum atomic E-state index is -4.47. The lowest BCUT2D eigenvalue weighted by Gasteiger charge is -2.24. The van der Waals surface area contributed by atoms with Crippen molar-refractivity contribution < 1.29 is 27.5 Å². The Morgan fingerprint density at radius 2 is 2.08 bits per heavy atom. The summed E-state index contributed by atoms with van der Waals surface area (Å²) in [5.74, 6) is -0.114. The number of halogens is 3. The van der Waals surface area contributed by atoms with Gasteiger partial charge in [0.05, 0.1) is 23.4 Å². The first-order valence-electron chi connectivity index (χ1n) is 7.77. The van der Waals surface area contributed by atoms with Crippen molar-refractivity contribution in [2.45, 2.75) is 38.6 Å². The van der Waals surface area contributed by atoms with Gasteiger partial charge in [0.15, 0.2) is 5.89 Å². The summed E-state index contributed by atoms with van der Waals surface area (Å²) >= 11 is 0. The summed E-state index contributed by atoms with van der Waals surface area (Å²) in [5.41, 5.74) is -0.0502. The number of likely N-dealkylation sites (tertiary alicyclic amines) is 1. The number of β-amino-alcohol motifs (C(OH)–C–C–N with tert-alkyl or cyclic N) is 1. The largest absolute Gasteiger partial charge is 0.436 e. The number of amides is 1. The van der Waals surface area contributed by atoms with Gasteiger partial charge < -0.3 is 14.4 Å². The van der Waals surface area contributed by atoms with Crippen LogP contribution >= 0.6 is 0 Å². The van der Waals surface area contributed by atoms with Crippen molar-refractivity contribution in [3.05, 3.63) is 52.7 Å². The highest BCUT2D eigenvalue weighted by Crippen LogP contribution is 2.37. The summed E-state index contributed by atoms with van der Waals surface area (Å²) in [6, 6.07) is 4.16. The molecule has 1 aromatic heterocycles. The van der Waals surface area contributed by atoms with Crippen LogP contribution in [0.5, 0.6) is 0 Å². The number of aryl methyl sites for hydroxylation is 2. The minimum Gasteiger partial charge on any atom is -0.436 e. The summed E-state index contributed by atoms with van der Waals surface area (Å²) < 4.78 is 44.2. The average molecular weight is 354 g/mol. The Balaban J connectivity index is 1.95. The Labute approximate surface area is 142 Å². The zero-order valence-electron chi connectivity index (χ0n) is 13.7. The van der Waals surface area contributed by atoms with Crippen molar-refractivity contribution in [1.29, 1.82) is 0 Å². The lowest BCUT2D eigenvalue weighted by atomic mass is 10.0. The first-order valence-corrected chi connectivity index (χ1v) is 7.77. The van der Waals surface area contributed by atoms with Crippen LogP contribution in [0, 0.1) is 13.8 Å². The molecule has 0 radical (unpaired) electrons. The summed E-state index contributed by atoms with van der Waals surface area (Å²) in [7, 11) is 0. The van der Waals surface area contributed by atoms with Crippen LogP contribution < -0.4 is 0 Å². The second kappa shape index (κ2) is 6.18. The Morgan fingerprint density at radius 3 is 2.68 bits per heavy atom. The Bertz CT molecular complexity index is 801. The van der Waals surface area contributed by atoms with E-state index in [1.54, 1.807) is 13.8 Å². The summed E-state index contributed by atoms with van der Waals surface area (Å²) in [6.07, 6.45) is -5.12. The van der Waals surface area contributed by atoms with E-state index in [1.807, 2.05) is 0 Å². The van der Waals surface area contributed by atoms with Gasteiger partial charge >= 0.3 is 6.18 Å².